The number of aryl methyl sites for hydroxylation is 2. The number of anilines is 4. The summed E-state index contributed by atoms with van der Waals surface area (Å²) in [4.78, 5) is 13.6. The Labute approximate surface area is 210 Å². The minimum atomic E-state index is 0.430. The first kappa shape index (κ1) is 24.2. The van der Waals surface area contributed by atoms with Gasteiger partial charge in [-0.3, -0.25) is 4.98 Å². The summed E-state index contributed by atoms with van der Waals surface area (Å²) in [7, 11) is 0. The first-order valence-corrected chi connectivity index (χ1v) is 11.9. The minimum absolute atomic E-state index is 0.430. The lowest BCUT2D eigenvalue weighted by molar-refractivity contribution is 0.340. The lowest BCUT2D eigenvalue weighted by atomic mass is 10.1. The number of thiocarbonyl (C=S) groups is 1. The van der Waals surface area contributed by atoms with Gasteiger partial charge in [-0.25, -0.2) is 4.98 Å². The molecule has 0 saturated heterocycles. The van der Waals surface area contributed by atoms with Crippen LogP contribution in [0.4, 0.5) is 23.1 Å². The molecule has 2 aromatic heterocycles. The molecule has 4 N–H and O–H groups in total. The third-order valence-electron chi connectivity index (χ3n) is 5.09. The van der Waals surface area contributed by atoms with E-state index in [4.69, 9.17) is 17.0 Å². The molecular formula is C26H29N7OS. The molecule has 0 saturated carbocycles. The standard InChI is InChI=1S/C26H29N7OS/c1-4-34-20-11-9-19(10-12-20)31-24-16-18(3)30-25(32-24)33-26(35)28-14-13-27-23-15-17(2)29-22-8-6-5-7-21(22)23/h5-12,15-16H,4,13-14H2,1-3H3,(H,27,29)(H3,28,30,31,32,33,35). The molecule has 9 heteroatoms. The number of para-hydroxylation sites is 1. The molecule has 0 radical (unpaired) electrons. The number of rotatable bonds is 9. The molecule has 0 bridgehead atoms. The van der Waals surface area contributed by atoms with Crippen molar-refractivity contribution in [2.24, 2.45) is 0 Å². The van der Waals surface area contributed by atoms with E-state index in [0.717, 1.165) is 39.4 Å². The Bertz CT molecular complexity index is 1310. The van der Waals surface area contributed by atoms with Crippen molar-refractivity contribution in [3.8, 4) is 5.75 Å². The Hall–Kier alpha value is -3.98. The molecule has 0 atom stereocenters. The molecular weight excluding hydrogens is 458 g/mol. The van der Waals surface area contributed by atoms with Crippen molar-refractivity contribution >= 4 is 51.4 Å². The summed E-state index contributed by atoms with van der Waals surface area (Å²) in [6.45, 7) is 7.83. The van der Waals surface area contributed by atoms with Crippen LogP contribution in [-0.4, -0.2) is 39.8 Å². The fourth-order valence-corrected chi connectivity index (χ4v) is 3.80. The van der Waals surface area contributed by atoms with Crippen molar-refractivity contribution in [3.63, 3.8) is 0 Å². The van der Waals surface area contributed by atoms with E-state index in [9.17, 15) is 0 Å². The summed E-state index contributed by atoms with van der Waals surface area (Å²) >= 11 is 5.44. The predicted octanol–water partition coefficient (Wildman–Crippen LogP) is 5.18. The zero-order valence-electron chi connectivity index (χ0n) is 20.1. The monoisotopic (exact) mass is 487 g/mol. The Kier molecular flexibility index (Phi) is 7.89. The Morgan fingerprint density at radius 1 is 0.914 bits per heavy atom. The van der Waals surface area contributed by atoms with Crippen LogP contribution in [0.25, 0.3) is 10.9 Å². The maximum atomic E-state index is 5.49. The van der Waals surface area contributed by atoms with Gasteiger partial charge >= 0.3 is 0 Å². The Balaban J connectivity index is 1.30. The van der Waals surface area contributed by atoms with Gasteiger partial charge in [-0.2, -0.15) is 4.98 Å². The summed E-state index contributed by atoms with van der Waals surface area (Å²) in [5.41, 5.74) is 4.73. The zero-order chi connectivity index (χ0) is 24.6. The number of hydrogen-bond acceptors (Lipinski definition) is 7. The number of pyridine rings is 1. The van der Waals surface area contributed by atoms with E-state index in [-0.39, 0.29) is 0 Å². The maximum Gasteiger partial charge on any atom is 0.231 e. The van der Waals surface area contributed by atoms with Gasteiger partial charge < -0.3 is 26.0 Å². The lowest BCUT2D eigenvalue weighted by Gasteiger charge is -2.14. The van der Waals surface area contributed by atoms with Crippen LogP contribution in [0.3, 0.4) is 0 Å². The molecule has 0 aliphatic heterocycles. The predicted molar refractivity (Wildman–Crippen MR) is 147 cm³/mol. The highest BCUT2D eigenvalue weighted by atomic mass is 32.1. The molecule has 35 heavy (non-hydrogen) atoms. The van der Waals surface area contributed by atoms with Crippen molar-refractivity contribution < 1.29 is 4.74 Å². The van der Waals surface area contributed by atoms with E-state index in [1.165, 1.54) is 0 Å². The summed E-state index contributed by atoms with van der Waals surface area (Å²) in [5.74, 6) is 1.94. The number of aromatic nitrogens is 3. The van der Waals surface area contributed by atoms with Crippen molar-refractivity contribution in [1.82, 2.24) is 20.3 Å². The van der Waals surface area contributed by atoms with Crippen molar-refractivity contribution in [1.29, 1.82) is 0 Å². The summed E-state index contributed by atoms with van der Waals surface area (Å²) in [6, 6.07) is 19.8. The highest BCUT2D eigenvalue weighted by Gasteiger charge is 2.06. The first-order valence-electron chi connectivity index (χ1n) is 11.5. The molecule has 180 valence electrons. The molecule has 2 aromatic carbocycles. The normalized spacial score (nSPS) is 10.6. The fraction of sp³-hybridized carbons (Fsp3) is 0.231. The van der Waals surface area contributed by atoms with E-state index >= 15 is 0 Å². The van der Waals surface area contributed by atoms with Crippen LogP contribution >= 0.6 is 12.2 Å². The smallest absolute Gasteiger partial charge is 0.231 e. The van der Waals surface area contributed by atoms with E-state index < -0.39 is 0 Å². The fourth-order valence-electron chi connectivity index (χ4n) is 3.61. The van der Waals surface area contributed by atoms with Gasteiger partial charge in [-0.1, -0.05) is 18.2 Å². The van der Waals surface area contributed by atoms with Crippen LogP contribution in [0, 0.1) is 13.8 Å². The van der Waals surface area contributed by atoms with Gasteiger partial charge in [0.2, 0.25) is 5.95 Å². The molecule has 4 aromatic rings. The molecule has 2 heterocycles. The van der Waals surface area contributed by atoms with Crippen molar-refractivity contribution in [2.75, 3.05) is 35.6 Å². The average molecular weight is 488 g/mol. The zero-order valence-corrected chi connectivity index (χ0v) is 20.9. The molecule has 4 rings (SSSR count). The van der Waals surface area contributed by atoms with Crippen LogP contribution in [0.15, 0.2) is 60.7 Å². The number of nitrogens with one attached hydrogen (secondary N) is 4. The highest BCUT2D eigenvalue weighted by molar-refractivity contribution is 7.80. The van der Waals surface area contributed by atoms with E-state index in [1.54, 1.807) is 0 Å². The number of fused-ring (bicyclic) bond motifs is 1. The third-order valence-corrected chi connectivity index (χ3v) is 5.33. The molecule has 8 nitrogen and oxygen atoms in total. The Morgan fingerprint density at radius 3 is 2.49 bits per heavy atom. The average Bonchev–Trinajstić information content (AvgIpc) is 2.82. The van der Waals surface area contributed by atoms with Crippen LogP contribution in [0.5, 0.6) is 5.75 Å². The van der Waals surface area contributed by atoms with Gasteiger partial charge in [0.1, 0.15) is 11.6 Å². The van der Waals surface area contributed by atoms with Crippen molar-refractivity contribution in [3.05, 3.63) is 72.1 Å². The second kappa shape index (κ2) is 11.4. The van der Waals surface area contributed by atoms with Gasteiger partial charge in [-0.05, 0) is 69.4 Å². The summed E-state index contributed by atoms with van der Waals surface area (Å²) < 4.78 is 5.49. The van der Waals surface area contributed by atoms with Crippen molar-refractivity contribution in [2.45, 2.75) is 20.8 Å². The number of nitrogens with zero attached hydrogens (tertiary/aromatic N) is 3. The van der Waals surface area contributed by atoms with E-state index in [2.05, 4.69) is 48.4 Å². The topological polar surface area (TPSA) is 96.0 Å². The second-order valence-electron chi connectivity index (χ2n) is 7.94. The van der Waals surface area contributed by atoms with Crippen LogP contribution in [0.1, 0.15) is 18.3 Å². The number of ether oxygens (including phenoxy) is 1. The SMILES string of the molecule is CCOc1ccc(Nc2cc(C)nc(NC(=S)NCCNc3cc(C)nc4ccccc34)n2)cc1. The van der Waals surface area contributed by atoms with E-state index in [0.29, 0.717) is 36.6 Å². The molecule has 0 aliphatic rings. The molecule has 0 unspecified atom stereocenters. The molecule has 0 fully saturated rings. The van der Waals surface area contributed by atoms with Crippen LogP contribution in [-0.2, 0) is 0 Å². The first-order chi connectivity index (χ1) is 17.0. The van der Waals surface area contributed by atoms with Gasteiger partial charge in [0, 0.05) is 47.3 Å². The number of benzene rings is 2. The molecule has 0 spiro atoms. The quantitative estimate of drug-likeness (QED) is 0.188. The van der Waals surface area contributed by atoms with Crippen LogP contribution < -0.4 is 26.0 Å². The van der Waals surface area contributed by atoms with E-state index in [1.807, 2.05) is 69.3 Å². The molecule has 0 amide bonds. The highest BCUT2D eigenvalue weighted by Crippen LogP contribution is 2.23. The largest absolute Gasteiger partial charge is 0.494 e. The maximum absolute atomic E-state index is 5.49. The second-order valence-corrected chi connectivity index (χ2v) is 8.34. The third kappa shape index (κ3) is 6.77. The van der Waals surface area contributed by atoms with Crippen LogP contribution in [0.2, 0.25) is 0 Å². The van der Waals surface area contributed by atoms with Gasteiger partial charge in [0.15, 0.2) is 5.11 Å². The lowest BCUT2D eigenvalue weighted by Crippen LogP contribution is -2.33. The van der Waals surface area contributed by atoms with Gasteiger partial charge in [-0.15, -0.1) is 0 Å². The summed E-state index contributed by atoms with van der Waals surface area (Å²) in [5, 5.41) is 14.6. The molecule has 0 aliphatic carbocycles. The Morgan fingerprint density at radius 2 is 1.69 bits per heavy atom. The minimum Gasteiger partial charge on any atom is -0.494 e. The van der Waals surface area contributed by atoms with Gasteiger partial charge in [0.25, 0.3) is 0 Å². The number of hydrogen-bond donors (Lipinski definition) is 4. The summed E-state index contributed by atoms with van der Waals surface area (Å²) in [6.07, 6.45) is 0. The van der Waals surface area contributed by atoms with Gasteiger partial charge in [0.05, 0.1) is 12.1 Å².